The Morgan fingerprint density at radius 1 is 1.06 bits per heavy atom. The van der Waals surface area contributed by atoms with Crippen LogP contribution in [0, 0.1) is 6.92 Å². The molecule has 2 atom stereocenters. The topological polar surface area (TPSA) is 87.0 Å². The average molecular weight is 466 g/mol. The van der Waals surface area contributed by atoms with E-state index in [0.29, 0.717) is 46.9 Å². The number of methoxy groups -OCH3 is 2. The molecule has 1 aliphatic carbocycles. The Morgan fingerprint density at radius 3 is 2.41 bits per heavy atom. The van der Waals surface area contributed by atoms with Crippen LogP contribution in [0.25, 0.3) is 0 Å². The molecule has 0 bridgehead atoms. The van der Waals surface area contributed by atoms with Crippen molar-refractivity contribution in [1.29, 1.82) is 0 Å². The Labute approximate surface area is 199 Å². The number of esters is 1. The van der Waals surface area contributed by atoms with Crippen LogP contribution < -0.4 is 14.8 Å². The molecule has 0 amide bonds. The Balaban J connectivity index is 1.75. The monoisotopic (exact) mass is 465 g/mol. The molecule has 1 aromatic carbocycles. The van der Waals surface area contributed by atoms with Gasteiger partial charge < -0.3 is 23.9 Å². The zero-order chi connectivity index (χ0) is 24.6. The van der Waals surface area contributed by atoms with Gasteiger partial charge in [-0.3, -0.25) is 4.79 Å². The second-order valence-corrected chi connectivity index (χ2v) is 9.03. The highest BCUT2D eigenvalue weighted by Gasteiger charge is 2.43. The maximum absolute atomic E-state index is 13.6. The lowest BCUT2D eigenvalue weighted by Crippen LogP contribution is -2.36. The lowest BCUT2D eigenvalue weighted by molar-refractivity contribution is -0.143. The van der Waals surface area contributed by atoms with Crippen molar-refractivity contribution < 1.29 is 28.2 Å². The predicted molar refractivity (Wildman–Crippen MR) is 127 cm³/mol. The van der Waals surface area contributed by atoms with Gasteiger partial charge in [-0.2, -0.15) is 0 Å². The Hall–Kier alpha value is -3.48. The molecule has 0 fully saturated rings. The lowest BCUT2D eigenvalue weighted by Gasteiger charge is -2.36. The molecule has 7 heteroatoms. The standard InChI is InChI=1S/C27H31NO6/c1-14(2)33-27(30)24-16(4)28-19-11-18(17-8-10-21(31-5)23(13-17)32-6)12-20(29)25(19)26(24)22-9-7-15(3)34-22/h7-10,13-14,18,26,28H,11-12H2,1-6H3/t18-,26+/m0/s1. The molecule has 1 aliphatic heterocycles. The summed E-state index contributed by atoms with van der Waals surface area (Å²) in [5.41, 5.74) is 3.47. The van der Waals surface area contributed by atoms with E-state index >= 15 is 0 Å². The van der Waals surface area contributed by atoms with E-state index in [-0.39, 0.29) is 17.8 Å². The van der Waals surface area contributed by atoms with Crippen LogP contribution >= 0.6 is 0 Å². The van der Waals surface area contributed by atoms with E-state index < -0.39 is 11.9 Å². The van der Waals surface area contributed by atoms with Crippen molar-refractivity contribution in [2.45, 2.75) is 58.5 Å². The van der Waals surface area contributed by atoms with Gasteiger partial charge in [0.05, 0.1) is 31.8 Å². The largest absolute Gasteiger partial charge is 0.493 e. The van der Waals surface area contributed by atoms with E-state index in [1.807, 2.05) is 44.2 Å². The van der Waals surface area contributed by atoms with Crippen LogP contribution in [-0.2, 0) is 14.3 Å². The van der Waals surface area contributed by atoms with Gasteiger partial charge in [-0.1, -0.05) is 6.07 Å². The number of carbonyl (C=O) groups excluding carboxylic acids is 2. The minimum Gasteiger partial charge on any atom is -0.493 e. The molecular formula is C27H31NO6. The SMILES string of the molecule is COc1ccc([C@@H]2CC(=O)C3=C(C2)NC(C)=C(C(=O)OC(C)C)[C@H]3c2ccc(C)o2)cc1OC. The number of aryl methyl sites for hydroxylation is 1. The fourth-order valence-corrected chi connectivity index (χ4v) is 4.82. The zero-order valence-corrected chi connectivity index (χ0v) is 20.5. The summed E-state index contributed by atoms with van der Waals surface area (Å²) in [7, 11) is 3.19. The predicted octanol–water partition coefficient (Wildman–Crippen LogP) is 4.92. The molecule has 4 rings (SSSR count). The number of nitrogens with one attached hydrogen (secondary N) is 1. The van der Waals surface area contributed by atoms with E-state index in [9.17, 15) is 9.59 Å². The number of carbonyl (C=O) groups is 2. The molecule has 0 radical (unpaired) electrons. The van der Waals surface area contributed by atoms with E-state index in [4.69, 9.17) is 18.6 Å². The van der Waals surface area contributed by atoms with Crippen LogP contribution in [-0.4, -0.2) is 32.1 Å². The number of allylic oxidation sites excluding steroid dienone is 3. The smallest absolute Gasteiger partial charge is 0.337 e. The molecular weight excluding hydrogens is 434 g/mol. The molecule has 2 aliphatic rings. The van der Waals surface area contributed by atoms with E-state index in [1.165, 1.54) is 0 Å². The van der Waals surface area contributed by atoms with Crippen molar-refractivity contribution in [3.8, 4) is 11.5 Å². The summed E-state index contributed by atoms with van der Waals surface area (Å²) < 4.78 is 22.3. The summed E-state index contributed by atoms with van der Waals surface area (Å²) in [5, 5.41) is 3.35. The van der Waals surface area contributed by atoms with E-state index in [1.54, 1.807) is 28.1 Å². The third-order valence-corrected chi connectivity index (χ3v) is 6.31. The number of dihydropyridines is 1. The van der Waals surface area contributed by atoms with Crippen LogP contribution in [0.4, 0.5) is 0 Å². The van der Waals surface area contributed by atoms with Gasteiger partial charge >= 0.3 is 5.97 Å². The lowest BCUT2D eigenvalue weighted by atomic mass is 9.73. The first kappa shape index (κ1) is 23.7. The maximum atomic E-state index is 13.6. The van der Waals surface area contributed by atoms with Crippen molar-refractivity contribution in [2.75, 3.05) is 14.2 Å². The first-order valence-corrected chi connectivity index (χ1v) is 11.5. The van der Waals surface area contributed by atoms with E-state index in [0.717, 1.165) is 17.0 Å². The Bertz CT molecular complexity index is 1190. The van der Waals surface area contributed by atoms with Gasteiger partial charge in [0, 0.05) is 23.4 Å². The molecule has 0 unspecified atom stereocenters. The highest BCUT2D eigenvalue weighted by molar-refractivity contribution is 6.04. The van der Waals surface area contributed by atoms with Gasteiger partial charge in [0.2, 0.25) is 0 Å². The first-order valence-electron chi connectivity index (χ1n) is 11.5. The van der Waals surface area contributed by atoms with Gasteiger partial charge in [-0.25, -0.2) is 4.79 Å². The Kier molecular flexibility index (Phi) is 6.55. The quantitative estimate of drug-likeness (QED) is 0.606. The second kappa shape index (κ2) is 9.41. The third-order valence-electron chi connectivity index (χ3n) is 6.31. The molecule has 2 aromatic rings. The molecule has 2 heterocycles. The van der Waals surface area contributed by atoms with Crippen molar-refractivity contribution in [1.82, 2.24) is 5.32 Å². The molecule has 0 saturated heterocycles. The van der Waals surface area contributed by atoms with Crippen molar-refractivity contribution in [2.24, 2.45) is 0 Å². The van der Waals surface area contributed by atoms with Crippen molar-refractivity contribution in [3.63, 3.8) is 0 Å². The highest BCUT2D eigenvalue weighted by Crippen LogP contribution is 2.46. The molecule has 0 spiro atoms. The number of benzene rings is 1. The summed E-state index contributed by atoms with van der Waals surface area (Å²) in [6, 6.07) is 9.43. The van der Waals surface area contributed by atoms with Crippen LogP contribution in [0.3, 0.4) is 0 Å². The number of hydrogen-bond donors (Lipinski definition) is 1. The highest BCUT2D eigenvalue weighted by atomic mass is 16.5. The summed E-state index contributed by atoms with van der Waals surface area (Å²) in [6.07, 6.45) is 0.660. The molecule has 1 aromatic heterocycles. The molecule has 34 heavy (non-hydrogen) atoms. The van der Waals surface area contributed by atoms with Gasteiger partial charge in [-0.15, -0.1) is 0 Å². The van der Waals surface area contributed by atoms with Gasteiger partial charge in [0.1, 0.15) is 11.5 Å². The second-order valence-electron chi connectivity index (χ2n) is 9.03. The van der Waals surface area contributed by atoms with Crippen LogP contribution in [0.1, 0.15) is 62.5 Å². The summed E-state index contributed by atoms with van der Waals surface area (Å²) >= 11 is 0. The number of hydrogen-bond acceptors (Lipinski definition) is 7. The molecule has 1 N–H and O–H groups in total. The zero-order valence-electron chi connectivity index (χ0n) is 20.5. The third kappa shape index (κ3) is 4.34. The number of Topliss-reactive ketones (excluding diaryl/α,β-unsaturated/α-hetero) is 1. The summed E-state index contributed by atoms with van der Waals surface area (Å²) in [5.74, 6) is 1.46. The molecule has 0 saturated carbocycles. The fraction of sp³-hybridized carbons (Fsp3) is 0.407. The van der Waals surface area contributed by atoms with E-state index in [2.05, 4.69) is 5.32 Å². The van der Waals surface area contributed by atoms with Crippen molar-refractivity contribution in [3.05, 3.63) is 70.0 Å². The fourth-order valence-electron chi connectivity index (χ4n) is 4.82. The average Bonchev–Trinajstić information content (AvgIpc) is 3.22. The Morgan fingerprint density at radius 2 is 1.79 bits per heavy atom. The van der Waals surface area contributed by atoms with Gasteiger partial charge in [0.15, 0.2) is 17.3 Å². The van der Waals surface area contributed by atoms with Gasteiger partial charge in [0.25, 0.3) is 0 Å². The maximum Gasteiger partial charge on any atom is 0.337 e. The van der Waals surface area contributed by atoms with Crippen LogP contribution in [0.15, 0.2) is 57.3 Å². The minimum absolute atomic E-state index is 0.0186. The van der Waals surface area contributed by atoms with Gasteiger partial charge in [-0.05, 0) is 69.9 Å². The minimum atomic E-state index is -0.602. The number of furan rings is 1. The normalized spacial score (nSPS) is 20.3. The summed E-state index contributed by atoms with van der Waals surface area (Å²) in [6.45, 7) is 7.30. The molecule has 180 valence electrons. The summed E-state index contributed by atoms with van der Waals surface area (Å²) in [4.78, 5) is 26.7. The molecule has 7 nitrogen and oxygen atoms in total. The van der Waals surface area contributed by atoms with Crippen molar-refractivity contribution >= 4 is 11.8 Å². The van der Waals surface area contributed by atoms with Crippen LogP contribution in [0.2, 0.25) is 0 Å². The first-order chi connectivity index (χ1) is 16.2. The number of ketones is 1. The number of rotatable bonds is 6. The number of ether oxygens (including phenoxy) is 3. The van der Waals surface area contributed by atoms with Crippen LogP contribution in [0.5, 0.6) is 11.5 Å².